The average Bonchev–Trinajstić information content (AvgIpc) is 2.59. The van der Waals surface area contributed by atoms with Crippen LogP contribution in [0.15, 0.2) is 0 Å². The molecule has 5 aliphatic rings. The Bertz CT molecular complexity index is 542. The molecule has 5 rings (SSSR count). The van der Waals surface area contributed by atoms with Crippen LogP contribution >= 0.6 is 11.9 Å². The number of hydroxylamine groups is 1. The molecule has 4 bridgehead atoms. The van der Waals surface area contributed by atoms with Gasteiger partial charge in [-0.15, -0.1) is 0 Å². The third kappa shape index (κ3) is 4.64. The summed E-state index contributed by atoms with van der Waals surface area (Å²) in [6.07, 6.45) is 10.00. The van der Waals surface area contributed by atoms with E-state index in [1.807, 2.05) is 0 Å². The van der Waals surface area contributed by atoms with E-state index < -0.39 is 23.5 Å². The molecule has 160 valence electrons. The Morgan fingerprint density at radius 1 is 1.04 bits per heavy atom. The average molecular weight is 421 g/mol. The van der Waals surface area contributed by atoms with Crippen LogP contribution in [0.2, 0.25) is 0 Å². The van der Waals surface area contributed by atoms with Gasteiger partial charge in [-0.25, -0.2) is 0 Å². The summed E-state index contributed by atoms with van der Waals surface area (Å²) in [4.78, 5) is 12.8. The van der Waals surface area contributed by atoms with E-state index in [0.29, 0.717) is 43.1 Å². The van der Waals surface area contributed by atoms with Crippen LogP contribution in [0.1, 0.15) is 70.6 Å². The minimum Gasteiger partial charge on any atom is -0.775 e. The van der Waals surface area contributed by atoms with Crippen molar-refractivity contribution in [2.45, 2.75) is 82.2 Å². The molecule has 0 heterocycles. The molecule has 5 aliphatic carbocycles. The lowest BCUT2D eigenvalue weighted by Gasteiger charge is -2.55. The molecule has 0 aromatic heterocycles. The van der Waals surface area contributed by atoms with Gasteiger partial charge in [-0.1, -0.05) is 0 Å². The normalized spacial score (nSPS) is 40.1. The van der Waals surface area contributed by atoms with E-state index in [-0.39, 0.29) is 15.9 Å². The van der Waals surface area contributed by atoms with E-state index in [4.69, 9.17) is 4.74 Å². The molecule has 0 unspecified atom stereocenters. The second kappa shape index (κ2) is 7.99. The summed E-state index contributed by atoms with van der Waals surface area (Å²) in [5, 5.41) is 11.6. The van der Waals surface area contributed by atoms with Crippen LogP contribution in [0.25, 0.3) is 0 Å². The Morgan fingerprint density at radius 3 is 2.07 bits per heavy atom. The van der Waals surface area contributed by atoms with Crippen molar-refractivity contribution in [3.05, 3.63) is 5.21 Å². The molecule has 0 atom stereocenters. The first-order valence-electron chi connectivity index (χ1n) is 10.6. The zero-order valence-electron chi connectivity index (χ0n) is 16.1. The molecule has 8 heteroatoms. The van der Waals surface area contributed by atoms with Crippen molar-refractivity contribution in [2.75, 3.05) is 6.61 Å². The molecule has 5 saturated carbocycles. The van der Waals surface area contributed by atoms with E-state index in [0.717, 1.165) is 38.5 Å². The molecule has 0 saturated heterocycles. The Labute approximate surface area is 168 Å². The first-order chi connectivity index (χ1) is 13.2. The molecule has 0 radical (unpaired) electrons. The second-order valence-corrected chi connectivity index (χ2v) is 10.6. The molecule has 5 fully saturated rings. The van der Waals surface area contributed by atoms with Gasteiger partial charge in [0.15, 0.2) is 0 Å². The number of nitrogens with zero attached hydrogens (tertiary/aromatic N) is 1. The number of ether oxygens (including phenoxy) is 1. The number of carbonyl (C=O) groups excluding carboxylic acids is 1. The SMILES string of the molecule is O=C(OCCC1CCC(N([O-])SC(F)(F)F)CC1)C12CC3CC(CC(C3)C1)C2. The maximum absolute atomic E-state index is 12.8. The molecule has 28 heavy (non-hydrogen) atoms. The Kier molecular flexibility index (Phi) is 5.93. The summed E-state index contributed by atoms with van der Waals surface area (Å²) in [5.41, 5.74) is -4.76. The number of hydrogen-bond donors (Lipinski definition) is 0. The Hall–Kier alpha value is -0.470. The van der Waals surface area contributed by atoms with Crippen LogP contribution < -0.4 is 0 Å². The van der Waals surface area contributed by atoms with E-state index >= 15 is 0 Å². The summed E-state index contributed by atoms with van der Waals surface area (Å²) >= 11 is -0.578. The van der Waals surface area contributed by atoms with Gasteiger partial charge in [-0.3, -0.25) is 4.79 Å². The van der Waals surface area contributed by atoms with Crippen molar-refractivity contribution >= 4 is 17.9 Å². The first-order valence-corrected chi connectivity index (χ1v) is 11.4. The molecule has 0 spiro atoms. The van der Waals surface area contributed by atoms with Crippen molar-refractivity contribution in [3.63, 3.8) is 0 Å². The summed E-state index contributed by atoms with van der Waals surface area (Å²) in [5.74, 6) is 2.44. The largest absolute Gasteiger partial charge is 0.775 e. The fourth-order valence-electron chi connectivity index (χ4n) is 6.65. The van der Waals surface area contributed by atoms with Crippen molar-refractivity contribution in [1.29, 1.82) is 0 Å². The quantitative estimate of drug-likeness (QED) is 0.315. The predicted octanol–water partition coefficient (Wildman–Crippen LogP) is 5.66. The molecule has 0 N–H and O–H groups in total. The molecular formula is C20H29F3NO3S-. The topological polar surface area (TPSA) is 52.6 Å². The van der Waals surface area contributed by atoms with Crippen LogP contribution in [0.3, 0.4) is 0 Å². The molecule has 0 aliphatic heterocycles. The molecule has 4 nitrogen and oxygen atoms in total. The lowest BCUT2D eigenvalue weighted by atomic mass is 9.49. The molecule has 0 aromatic rings. The number of hydrogen-bond acceptors (Lipinski definition) is 5. The highest BCUT2D eigenvalue weighted by Gasteiger charge is 2.55. The molecular weight excluding hydrogens is 391 g/mol. The van der Waals surface area contributed by atoms with Crippen LogP contribution in [0.5, 0.6) is 0 Å². The Morgan fingerprint density at radius 2 is 1.57 bits per heavy atom. The number of carbonyl (C=O) groups is 1. The van der Waals surface area contributed by atoms with E-state index in [1.54, 1.807) is 0 Å². The van der Waals surface area contributed by atoms with Gasteiger partial charge in [0, 0.05) is 18.0 Å². The summed E-state index contributed by atoms with van der Waals surface area (Å²) in [6.45, 7) is 0.397. The lowest BCUT2D eigenvalue weighted by Crippen LogP contribution is -2.50. The van der Waals surface area contributed by atoms with Gasteiger partial charge in [-0.2, -0.15) is 13.2 Å². The minimum atomic E-state index is -4.52. The van der Waals surface area contributed by atoms with Gasteiger partial charge in [0.05, 0.1) is 12.0 Å². The van der Waals surface area contributed by atoms with Crippen LogP contribution in [0, 0.1) is 34.3 Å². The van der Waals surface area contributed by atoms with Crippen LogP contribution in [-0.4, -0.2) is 28.6 Å². The van der Waals surface area contributed by atoms with Gasteiger partial charge in [0.25, 0.3) is 0 Å². The van der Waals surface area contributed by atoms with Gasteiger partial charge in [0.1, 0.15) is 0 Å². The van der Waals surface area contributed by atoms with Crippen molar-refractivity contribution in [3.8, 4) is 0 Å². The number of rotatable bonds is 6. The third-order valence-corrected chi connectivity index (χ3v) is 8.22. The second-order valence-electron chi connectivity index (χ2n) is 9.62. The highest BCUT2D eigenvalue weighted by molar-refractivity contribution is 7.97. The number of alkyl halides is 3. The minimum absolute atomic E-state index is 0.00686. The molecule has 0 amide bonds. The first kappa shape index (κ1) is 20.8. The van der Waals surface area contributed by atoms with Crippen LogP contribution in [-0.2, 0) is 9.53 Å². The highest BCUT2D eigenvalue weighted by atomic mass is 32.2. The zero-order chi connectivity index (χ0) is 19.9. The summed E-state index contributed by atoms with van der Waals surface area (Å²) in [7, 11) is 0. The monoisotopic (exact) mass is 420 g/mol. The van der Waals surface area contributed by atoms with E-state index in [1.165, 1.54) is 19.3 Å². The maximum Gasteiger partial charge on any atom is 0.455 e. The third-order valence-electron chi connectivity index (χ3n) is 7.54. The summed E-state index contributed by atoms with van der Waals surface area (Å²) < 4.78 is 42.8. The lowest BCUT2D eigenvalue weighted by molar-refractivity contribution is -0.172. The Balaban J connectivity index is 1.18. The van der Waals surface area contributed by atoms with Crippen molar-refractivity contribution < 1.29 is 22.7 Å². The van der Waals surface area contributed by atoms with Gasteiger partial charge < -0.3 is 14.4 Å². The van der Waals surface area contributed by atoms with Crippen molar-refractivity contribution in [2.24, 2.45) is 29.1 Å². The van der Waals surface area contributed by atoms with E-state index in [2.05, 4.69) is 0 Å². The van der Waals surface area contributed by atoms with Gasteiger partial charge in [0.2, 0.25) is 0 Å². The number of esters is 1. The maximum atomic E-state index is 12.8. The van der Waals surface area contributed by atoms with Gasteiger partial charge in [-0.05, 0) is 94.3 Å². The standard InChI is InChI=1S/C20H29F3NO3S/c21-20(22,23)28-24(26)17-3-1-13(2-4-17)5-6-27-18(25)19-10-14-7-15(11-19)9-16(8-14)12-19/h13-17H,1-12H2/q-1. The highest BCUT2D eigenvalue weighted by Crippen LogP contribution is 2.60. The number of halogens is 3. The van der Waals surface area contributed by atoms with Crippen molar-refractivity contribution in [1.82, 2.24) is 4.47 Å². The fourth-order valence-corrected chi connectivity index (χ4v) is 7.22. The summed E-state index contributed by atoms with van der Waals surface area (Å²) in [6, 6.07) is -0.572. The van der Waals surface area contributed by atoms with E-state index in [9.17, 15) is 23.2 Å². The fraction of sp³-hybridized carbons (Fsp3) is 0.950. The zero-order valence-corrected chi connectivity index (χ0v) is 16.9. The van der Waals surface area contributed by atoms with Gasteiger partial charge >= 0.3 is 11.5 Å². The molecule has 0 aromatic carbocycles. The predicted molar refractivity (Wildman–Crippen MR) is 101 cm³/mol. The van der Waals surface area contributed by atoms with Crippen LogP contribution in [0.4, 0.5) is 13.2 Å². The smallest absolute Gasteiger partial charge is 0.455 e.